The second-order valence-electron chi connectivity index (χ2n) is 4.99. The molecule has 1 aromatic rings. The zero-order chi connectivity index (χ0) is 14.0. The van der Waals surface area contributed by atoms with Crippen molar-refractivity contribution in [3.05, 3.63) is 28.7 Å². The monoisotopic (exact) mass is 285 g/mol. The SMILES string of the molecule is CC(CNS(=O)(=O)c1ccc(=O)[nH]c1)N(C)C1CC1. The van der Waals surface area contributed by atoms with Gasteiger partial charge in [0, 0.05) is 30.9 Å². The van der Waals surface area contributed by atoms with Gasteiger partial charge < -0.3 is 4.98 Å². The van der Waals surface area contributed by atoms with Crippen LogP contribution in [0.15, 0.2) is 28.0 Å². The summed E-state index contributed by atoms with van der Waals surface area (Å²) in [5.74, 6) is 0. The third-order valence-electron chi connectivity index (χ3n) is 3.45. The summed E-state index contributed by atoms with van der Waals surface area (Å²) >= 11 is 0. The molecule has 1 aliphatic carbocycles. The zero-order valence-electron chi connectivity index (χ0n) is 11.1. The van der Waals surface area contributed by atoms with Crippen LogP contribution in [0.2, 0.25) is 0 Å². The normalized spacial score (nSPS) is 17.6. The standard InChI is InChI=1S/C12H19N3O3S/c1-9(15(2)10-3-4-10)7-14-19(17,18)11-5-6-12(16)13-8-11/h5-6,8-10,14H,3-4,7H2,1-2H3,(H,13,16). The fourth-order valence-electron chi connectivity index (χ4n) is 1.86. The molecule has 0 amide bonds. The fraction of sp³-hybridized carbons (Fsp3) is 0.583. The molecule has 0 bridgehead atoms. The summed E-state index contributed by atoms with van der Waals surface area (Å²) < 4.78 is 26.6. The van der Waals surface area contributed by atoms with Crippen LogP contribution in [0.1, 0.15) is 19.8 Å². The average molecular weight is 285 g/mol. The van der Waals surface area contributed by atoms with Crippen LogP contribution in [0.25, 0.3) is 0 Å². The van der Waals surface area contributed by atoms with Crippen molar-refractivity contribution in [1.82, 2.24) is 14.6 Å². The molecule has 1 aliphatic rings. The second kappa shape index (κ2) is 5.44. The molecule has 6 nitrogen and oxygen atoms in total. The molecule has 1 unspecified atom stereocenters. The predicted octanol–water partition coefficient (Wildman–Crippen LogP) is 0.136. The first-order chi connectivity index (χ1) is 8.90. The largest absolute Gasteiger partial charge is 0.328 e. The Balaban J connectivity index is 1.97. The number of aromatic amines is 1. The van der Waals surface area contributed by atoms with E-state index in [1.807, 2.05) is 14.0 Å². The van der Waals surface area contributed by atoms with E-state index in [2.05, 4.69) is 14.6 Å². The van der Waals surface area contributed by atoms with E-state index in [9.17, 15) is 13.2 Å². The minimum absolute atomic E-state index is 0.0772. The number of hydrogen-bond donors (Lipinski definition) is 2. The van der Waals surface area contributed by atoms with Crippen molar-refractivity contribution < 1.29 is 8.42 Å². The Kier molecular flexibility index (Phi) is 4.07. The Morgan fingerprint density at radius 3 is 2.68 bits per heavy atom. The van der Waals surface area contributed by atoms with Gasteiger partial charge in [-0.15, -0.1) is 0 Å². The number of pyridine rings is 1. The Bertz CT molecular complexity index is 572. The number of likely N-dealkylation sites (N-methyl/N-ethyl adjacent to an activating group) is 1. The second-order valence-corrected chi connectivity index (χ2v) is 6.75. The van der Waals surface area contributed by atoms with E-state index in [4.69, 9.17) is 0 Å². The van der Waals surface area contributed by atoms with Crippen LogP contribution in [0.5, 0.6) is 0 Å². The third kappa shape index (κ3) is 3.65. The average Bonchev–Trinajstić information content (AvgIpc) is 3.20. The van der Waals surface area contributed by atoms with Crippen molar-refractivity contribution in [3.63, 3.8) is 0 Å². The van der Waals surface area contributed by atoms with Crippen LogP contribution in [0, 0.1) is 0 Å². The van der Waals surface area contributed by atoms with E-state index in [0.29, 0.717) is 12.6 Å². The topological polar surface area (TPSA) is 82.3 Å². The molecule has 0 aromatic carbocycles. The highest BCUT2D eigenvalue weighted by Crippen LogP contribution is 2.26. The maximum atomic E-state index is 12.0. The third-order valence-corrected chi connectivity index (χ3v) is 4.87. The van der Waals surface area contributed by atoms with Gasteiger partial charge in [0.1, 0.15) is 0 Å². The molecule has 0 spiro atoms. The lowest BCUT2D eigenvalue weighted by molar-refractivity contribution is 0.248. The van der Waals surface area contributed by atoms with Crippen LogP contribution < -0.4 is 10.3 Å². The Hall–Kier alpha value is -1.18. The number of sulfonamides is 1. The molecule has 106 valence electrons. The first-order valence-corrected chi connectivity index (χ1v) is 7.79. The Morgan fingerprint density at radius 2 is 2.16 bits per heavy atom. The van der Waals surface area contributed by atoms with Crippen LogP contribution in [-0.2, 0) is 10.0 Å². The van der Waals surface area contributed by atoms with Crippen LogP contribution in [-0.4, -0.2) is 44.0 Å². The molecule has 7 heteroatoms. The Morgan fingerprint density at radius 1 is 1.47 bits per heavy atom. The Labute approximate surface area is 112 Å². The molecule has 1 heterocycles. The first kappa shape index (κ1) is 14.2. The summed E-state index contributed by atoms with van der Waals surface area (Å²) in [6, 6.07) is 3.24. The van der Waals surface area contributed by atoms with Gasteiger partial charge in [0.05, 0.1) is 4.90 Å². The molecule has 0 radical (unpaired) electrons. The lowest BCUT2D eigenvalue weighted by Gasteiger charge is -2.24. The van der Waals surface area contributed by atoms with Gasteiger partial charge >= 0.3 is 0 Å². The molecule has 1 saturated carbocycles. The number of rotatable bonds is 6. The number of aromatic nitrogens is 1. The van der Waals surface area contributed by atoms with E-state index in [0.717, 1.165) is 0 Å². The summed E-state index contributed by atoms with van der Waals surface area (Å²) in [6.45, 7) is 2.35. The lowest BCUT2D eigenvalue weighted by Crippen LogP contribution is -2.41. The quantitative estimate of drug-likeness (QED) is 0.778. The van der Waals surface area contributed by atoms with E-state index in [-0.39, 0.29) is 16.5 Å². The highest BCUT2D eigenvalue weighted by Gasteiger charge is 2.29. The summed E-state index contributed by atoms with van der Waals surface area (Å²) in [5, 5.41) is 0. The van der Waals surface area contributed by atoms with Gasteiger partial charge in [0.25, 0.3) is 0 Å². The molecular formula is C12H19N3O3S. The highest BCUT2D eigenvalue weighted by molar-refractivity contribution is 7.89. The molecule has 2 rings (SSSR count). The molecule has 2 N–H and O–H groups in total. The van der Waals surface area contributed by atoms with Crippen LogP contribution in [0.3, 0.4) is 0 Å². The number of H-pyrrole nitrogens is 1. The van der Waals surface area contributed by atoms with E-state index in [1.165, 1.54) is 31.2 Å². The predicted molar refractivity (Wildman–Crippen MR) is 72.5 cm³/mol. The number of nitrogens with zero attached hydrogens (tertiary/aromatic N) is 1. The number of hydrogen-bond acceptors (Lipinski definition) is 4. The zero-order valence-corrected chi connectivity index (χ0v) is 11.9. The summed E-state index contributed by atoms with van der Waals surface area (Å²) in [7, 11) is -1.55. The van der Waals surface area contributed by atoms with Crippen molar-refractivity contribution in [1.29, 1.82) is 0 Å². The van der Waals surface area contributed by atoms with Crippen LogP contribution >= 0.6 is 0 Å². The lowest BCUT2D eigenvalue weighted by atomic mass is 10.3. The highest BCUT2D eigenvalue weighted by atomic mass is 32.2. The first-order valence-electron chi connectivity index (χ1n) is 6.30. The van der Waals surface area contributed by atoms with Crippen LogP contribution in [0.4, 0.5) is 0 Å². The summed E-state index contributed by atoms with van der Waals surface area (Å²) in [4.78, 5) is 15.5. The van der Waals surface area contributed by atoms with E-state index >= 15 is 0 Å². The van der Waals surface area contributed by atoms with Gasteiger partial charge in [0.15, 0.2) is 0 Å². The van der Waals surface area contributed by atoms with Gasteiger partial charge in [-0.3, -0.25) is 9.69 Å². The van der Waals surface area contributed by atoms with Gasteiger partial charge in [-0.1, -0.05) is 0 Å². The molecule has 0 saturated heterocycles. The van der Waals surface area contributed by atoms with Gasteiger partial charge in [-0.2, -0.15) is 0 Å². The maximum Gasteiger partial charge on any atom is 0.247 e. The number of nitrogens with one attached hydrogen (secondary N) is 2. The van der Waals surface area contributed by atoms with Gasteiger partial charge in [-0.25, -0.2) is 13.1 Å². The molecule has 19 heavy (non-hydrogen) atoms. The maximum absolute atomic E-state index is 12.0. The van der Waals surface area contributed by atoms with Crippen molar-refractivity contribution in [2.75, 3.05) is 13.6 Å². The van der Waals surface area contributed by atoms with Gasteiger partial charge in [0.2, 0.25) is 15.6 Å². The van der Waals surface area contributed by atoms with Crippen molar-refractivity contribution in [2.45, 2.75) is 36.7 Å². The molecule has 1 aromatic heterocycles. The summed E-state index contributed by atoms with van der Waals surface area (Å²) in [6.07, 6.45) is 3.58. The minimum atomic E-state index is -3.56. The smallest absolute Gasteiger partial charge is 0.247 e. The van der Waals surface area contributed by atoms with Gasteiger partial charge in [-0.05, 0) is 32.9 Å². The molecule has 1 fully saturated rings. The molecule has 0 aliphatic heterocycles. The fourth-order valence-corrected chi connectivity index (χ4v) is 2.95. The van der Waals surface area contributed by atoms with E-state index in [1.54, 1.807) is 0 Å². The van der Waals surface area contributed by atoms with Crippen molar-refractivity contribution in [2.24, 2.45) is 0 Å². The molecular weight excluding hydrogens is 266 g/mol. The van der Waals surface area contributed by atoms with E-state index < -0.39 is 10.0 Å². The summed E-state index contributed by atoms with van der Waals surface area (Å²) in [5.41, 5.74) is -0.319. The van der Waals surface area contributed by atoms with Crippen molar-refractivity contribution >= 4 is 10.0 Å². The molecule has 1 atom stereocenters. The minimum Gasteiger partial charge on any atom is -0.328 e. The van der Waals surface area contributed by atoms with Crippen molar-refractivity contribution in [3.8, 4) is 0 Å².